The first-order chi connectivity index (χ1) is 16.9. The Balaban J connectivity index is 1.28. The van der Waals surface area contributed by atoms with E-state index in [2.05, 4.69) is 5.32 Å². The van der Waals surface area contributed by atoms with Crippen molar-refractivity contribution < 1.29 is 28.6 Å². The van der Waals surface area contributed by atoms with Crippen LogP contribution in [0.15, 0.2) is 72.8 Å². The number of benzene rings is 3. The zero-order chi connectivity index (χ0) is 24.8. The van der Waals surface area contributed by atoms with Crippen molar-refractivity contribution in [2.24, 2.45) is 5.92 Å². The smallest absolute Gasteiger partial charge is 0.311 e. The van der Waals surface area contributed by atoms with Crippen molar-refractivity contribution in [2.45, 2.75) is 13.3 Å². The van der Waals surface area contributed by atoms with E-state index in [1.54, 1.807) is 48.5 Å². The van der Waals surface area contributed by atoms with Crippen molar-refractivity contribution >= 4 is 29.2 Å². The van der Waals surface area contributed by atoms with E-state index >= 15 is 0 Å². The molecule has 180 valence electrons. The molecule has 8 heteroatoms. The quantitative estimate of drug-likeness (QED) is 0.489. The van der Waals surface area contributed by atoms with Gasteiger partial charge in [-0.2, -0.15) is 0 Å². The van der Waals surface area contributed by atoms with Crippen molar-refractivity contribution in [3.8, 4) is 17.2 Å². The summed E-state index contributed by atoms with van der Waals surface area (Å²) in [5.74, 6) is 0.0775. The molecule has 1 N–H and O–H groups in total. The van der Waals surface area contributed by atoms with Crippen molar-refractivity contribution in [1.82, 2.24) is 0 Å². The lowest BCUT2D eigenvalue weighted by atomic mass is 10.1. The first kappa shape index (κ1) is 23.8. The molecule has 3 aromatic rings. The number of hydrogen-bond acceptors (Lipinski definition) is 6. The molecule has 1 aliphatic rings. The number of carbonyl (C=O) groups excluding carboxylic acids is 3. The first-order valence-electron chi connectivity index (χ1n) is 11.2. The highest BCUT2D eigenvalue weighted by molar-refractivity contribution is 6.00. The molecule has 0 saturated carbocycles. The number of esters is 1. The zero-order valence-corrected chi connectivity index (χ0v) is 19.5. The number of methoxy groups -OCH3 is 1. The molecule has 1 saturated heterocycles. The summed E-state index contributed by atoms with van der Waals surface area (Å²) in [6.45, 7) is 1.75. The third kappa shape index (κ3) is 6.17. The van der Waals surface area contributed by atoms with Gasteiger partial charge in [0.25, 0.3) is 5.91 Å². The van der Waals surface area contributed by atoms with Crippen LogP contribution in [0.3, 0.4) is 0 Å². The molecular formula is C27H26N2O6. The maximum atomic E-state index is 12.5. The highest BCUT2D eigenvalue weighted by Gasteiger charge is 2.36. The number of nitrogens with one attached hydrogen (secondary N) is 1. The summed E-state index contributed by atoms with van der Waals surface area (Å²) in [7, 11) is 1.53. The van der Waals surface area contributed by atoms with Crippen LogP contribution in [-0.4, -0.2) is 38.0 Å². The van der Waals surface area contributed by atoms with Gasteiger partial charge < -0.3 is 24.4 Å². The minimum absolute atomic E-state index is 0.0257. The molecule has 1 heterocycles. The van der Waals surface area contributed by atoms with Crippen LogP contribution in [0, 0.1) is 12.8 Å². The number of rotatable bonds is 8. The van der Waals surface area contributed by atoms with E-state index in [9.17, 15) is 14.4 Å². The average molecular weight is 475 g/mol. The third-order valence-corrected chi connectivity index (χ3v) is 5.56. The minimum atomic E-state index is -0.643. The second-order valence-corrected chi connectivity index (χ2v) is 8.20. The van der Waals surface area contributed by atoms with Gasteiger partial charge in [0.2, 0.25) is 5.91 Å². The van der Waals surface area contributed by atoms with Crippen LogP contribution in [-0.2, 0) is 19.1 Å². The van der Waals surface area contributed by atoms with E-state index in [0.717, 1.165) is 11.3 Å². The van der Waals surface area contributed by atoms with Crippen LogP contribution in [0.5, 0.6) is 17.2 Å². The van der Waals surface area contributed by atoms with Crippen LogP contribution in [0.25, 0.3) is 0 Å². The molecule has 3 aromatic carbocycles. The molecule has 0 spiro atoms. The number of aryl methyl sites for hydroxylation is 1. The van der Waals surface area contributed by atoms with E-state index in [1.807, 2.05) is 31.2 Å². The number of hydrogen-bond donors (Lipinski definition) is 1. The Morgan fingerprint density at radius 2 is 1.66 bits per heavy atom. The number of ether oxygens (including phenoxy) is 3. The number of carbonyl (C=O) groups is 3. The molecular weight excluding hydrogens is 448 g/mol. The highest BCUT2D eigenvalue weighted by Crippen LogP contribution is 2.29. The molecule has 0 bridgehead atoms. The van der Waals surface area contributed by atoms with Crippen LogP contribution >= 0.6 is 0 Å². The van der Waals surface area contributed by atoms with Gasteiger partial charge in [0.05, 0.1) is 13.0 Å². The lowest BCUT2D eigenvalue weighted by Crippen LogP contribution is -2.28. The van der Waals surface area contributed by atoms with Crippen molar-refractivity contribution in [3.63, 3.8) is 0 Å². The summed E-state index contributed by atoms with van der Waals surface area (Å²) in [6, 6.07) is 21.7. The molecule has 0 radical (unpaired) electrons. The first-order valence-corrected chi connectivity index (χ1v) is 11.2. The maximum absolute atomic E-state index is 12.5. The highest BCUT2D eigenvalue weighted by atomic mass is 16.5. The molecule has 2 amide bonds. The molecule has 0 aromatic heterocycles. The summed E-state index contributed by atoms with van der Waals surface area (Å²) < 4.78 is 16.1. The Morgan fingerprint density at radius 3 is 2.34 bits per heavy atom. The molecule has 0 aliphatic carbocycles. The Bertz CT molecular complexity index is 1210. The molecule has 1 fully saturated rings. The Morgan fingerprint density at radius 1 is 0.971 bits per heavy atom. The lowest BCUT2D eigenvalue weighted by molar-refractivity contribution is -0.151. The predicted octanol–water partition coefficient (Wildman–Crippen LogP) is 4.33. The normalized spacial score (nSPS) is 15.0. The topological polar surface area (TPSA) is 94.2 Å². The molecule has 0 unspecified atom stereocenters. The van der Waals surface area contributed by atoms with Crippen LogP contribution in [0.1, 0.15) is 12.0 Å². The molecule has 1 aliphatic heterocycles. The van der Waals surface area contributed by atoms with Gasteiger partial charge in [-0.05, 0) is 55.5 Å². The standard InChI is InChI=1S/C27H26N2O6/c1-18-6-10-22(11-7-18)35-23-12-8-21(9-13-23)29-16-19(14-26(29)31)27(32)34-17-25(30)28-20-4-3-5-24(15-20)33-2/h3-13,15,19H,14,16-17H2,1-2H3,(H,28,30)/t19-/m0/s1. The maximum Gasteiger partial charge on any atom is 0.311 e. The monoisotopic (exact) mass is 474 g/mol. The van der Waals surface area contributed by atoms with E-state index in [-0.39, 0.29) is 18.9 Å². The Hall–Kier alpha value is -4.33. The molecule has 4 rings (SSSR count). The van der Waals surface area contributed by atoms with Crippen LogP contribution in [0.4, 0.5) is 11.4 Å². The number of nitrogens with zero attached hydrogens (tertiary/aromatic N) is 1. The van der Waals surface area contributed by atoms with Gasteiger partial charge in [-0.15, -0.1) is 0 Å². The van der Waals surface area contributed by atoms with E-state index in [4.69, 9.17) is 14.2 Å². The summed E-state index contributed by atoms with van der Waals surface area (Å²) in [6.07, 6.45) is 0.0257. The van der Waals surface area contributed by atoms with Crippen molar-refractivity contribution in [2.75, 3.05) is 30.5 Å². The molecule has 35 heavy (non-hydrogen) atoms. The van der Waals surface area contributed by atoms with Gasteiger partial charge in [-0.25, -0.2) is 0 Å². The summed E-state index contributed by atoms with van der Waals surface area (Å²) >= 11 is 0. The van der Waals surface area contributed by atoms with E-state index in [0.29, 0.717) is 22.9 Å². The molecule has 8 nitrogen and oxygen atoms in total. The second kappa shape index (κ2) is 10.7. The van der Waals surface area contributed by atoms with E-state index in [1.165, 1.54) is 12.0 Å². The lowest BCUT2D eigenvalue weighted by Gasteiger charge is -2.17. The zero-order valence-electron chi connectivity index (χ0n) is 19.5. The Kier molecular flexibility index (Phi) is 7.30. The summed E-state index contributed by atoms with van der Waals surface area (Å²) in [5.41, 5.74) is 2.34. The predicted molar refractivity (Wildman–Crippen MR) is 131 cm³/mol. The Labute approximate surface area is 203 Å². The average Bonchev–Trinajstić information content (AvgIpc) is 3.26. The van der Waals surface area contributed by atoms with Gasteiger partial charge in [0, 0.05) is 30.4 Å². The SMILES string of the molecule is COc1cccc(NC(=O)COC(=O)[C@H]2CC(=O)N(c3ccc(Oc4ccc(C)cc4)cc3)C2)c1. The molecule has 1 atom stereocenters. The van der Waals surface area contributed by atoms with Crippen molar-refractivity contribution in [3.05, 3.63) is 78.4 Å². The van der Waals surface area contributed by atoms with Gasteiger partial charge in [0.1, 0.15) is 17.2 Å². The van der Waals surface area contributed by atoms with Crippen LogP contribution in [0.2, 0.25) is 0 Å². The van der Waals surface area contributed by atoms with Crippen LogP contribution < -0.4 is 19.7 Å². The van der Waals surface area contributed by atoms with Crippen molar-refractivity contribution in [1.29, 1.82) is 0 Å². The fourth-order valence-electron chi connectivity index (χ4n) is 3.70. The largest absolute Gasteiger partial charge is 0.497 e. The van der Waals surface area contributed by atoms with Gasteiger partial charge in [0.15, 0.2) is 6.61 Å². The van der Waals surface area contributed by atoms with Gasteiger partial charge in [-0.1, -0.05) is 23.8 Å². The van der Waals surface area contributed by atoms with E-state index < -0.39 is 24.4 Å². The number of amides is 2. The van der Waals surface area contributed by atoms with Gasteiger partial charge in [-0.3, -0.25) is 14.4 Å². The number of anilines is 2. The third-order valence-electron chi connectivity index (χ3n) is 5.56. The summed E-state index contributed by atoms with van der Waals surface area (Å²) in [5, 5.41) is 2.65. The minimum Gasteiger partial charge on any atom is -0.497 e. The van der Waals surface area contributed by atoms with Gasteiger partial charge >= 0.3 is 5.97 Å². The second-order valence-electron chi connectivity index (χ2n) is 8.20. The fraction of sp³-hybridized carbons (Fsp3) is 0.222. The summed E-state index contributed by atoms with van der Waals surface area (Å²) in [4.78, 5) is 38.7. The fourth-order valence-corrected chi connectivity index (χ4v) is 3.70.